The van der Waals surface area contributed by atoms with E-state index in [1.807, 2.05) is 0 Å². The lowest BCUT2D eigenvalue weighted by atomic mass is 10.1. The molecule has 0 bridgehead atoms. The Balaban J connectivity index is 2.73. The van der Waals surface area contributed by atoms with Crippen molar-refractivity contribution >= 4 is 12.1 Å². The number of benzene rings is 1. The second-order valence-corrected chi connectivity index (χ2v) is 6.08. The highest BCUT2D eigenvalue weighted by Gasteiger charge is 2.31. The van der Waals surface area contributed by atoms with Crippen LogP contribution in [0.15, 0.2) is 18.2 Å². The predicted molar refractivity (Wildman–Crippen MR) is 85.8 cm³/mol. The highest BCUT2D eigenvalue weighted by molar-refractivity contribution is 5.88. The van der Waals surface area contributed by atoms with Gasteiger partial charge in [-0.3, -0.25) is 0 Å². The minimum absolute atomic E-state index is 0.0430. The second kappa shape index (κ2) is 8.47. The minimum Gasteiger partial charge on any atom is -0.478 e. The van der Waals surface area contributed by atoms with E-state index in [1.54, 1.807) is 20.8 Å². The van der Waals surface area contributed by atoms with Gasteiger partial charge >= 0.3 is 18.4 Å². The van der Waals surface area contributed by atoms with Gasteiger partial charge in [0.1, 0.15) is 11.4 Å². The molecular formula is C17H18F3NO5. The van der Waals surface area contributed by atoms with Gasteiger partial charge in [-0.2, -0.15) is 0 Å². The predicted octanol–water partition coefficient (Wildman–Crippen LogP) is 3.55. The standard InChI is InChI=1S/C17H18F3NO5/c1-16(2,3)26-15(24)21-7-5-4-6-11-8-12(14(22)23)10-13(9-11)25-17(18,19)20/h8-10H,5,7H2,1-3H3,(H,21,24)(H,22,23). The monoisotopic (exact) mass is 373 g/mol. The molecule has 0 aliphatic heterocycles. The average Bonchev–Trinajstić information content (AvgIpc) is 2.42. The summed E-state index contributed by atoms with van der Waals surface area (Å²) in [5, 5.41) is 11.4. The van der Waals surface area contributed by atoms with E-state index in [0.717, 1.165) is 18.2 Å². The summed E-state index contributed by atoms with van der Waals surface area (Å²) in [5.41, 5.74) is -0.980. The third kappa shape index (κ3) is 8.82. The van der Waals surface area contributed by atoms with Crippen LogP contribution in [0.1, 0.15) is 43.1 Å². The van der Waals surface area contributed by atoms with Crippen molar-refractivity contribution in [3.05, 3.63) is 29.3 Å². The number of halogens is 3. The van der Waals surface area contributed by atoms with Crippen LogP contribution in [-0.4, -0.2) is 35.7 Å². The molecule has 1 amide bonds. The Hall–Kier alpha value is -2.89. The number of alkyl halides is 3. The maximum absolute atomic E-state index is 12.3. The number of hydrogen-bond acceptors (Lipinski definition) is 4. The first-order valence-corrected chi connectivity index (χ1v) is 7.45. The van der Waals surface area contributed by atoms with Crippen LogP contribution in [0.4, 0.5) is 18.0 Å². The van der Waals surface area contributed by atoms with Gasteiger partial charge in [-0.1, -0.05) is 11.8 Å². The number of carbonyl (C=O) groups is 2. The van der Waals surface area contributed by atoms with Gasteiger partial charge in [-0.15, -0.1) is 13.2 Å². The minimum atomic E-state index is -4.95. The molecule has 0 heterocycles. The Morgan fingerprint density at radius 3 is 2.38 bits per heavy atom. The Labute approximate surface area is 148 Å². The molecule has 1 rings (SSSR count). The van der Waals surface area contributed by atoms with Crippen LogP contribution in [0.2, 0.25) is 0 Å². The summed E-state index contributed by atoms with van der Waals surface area (Å²) in [5.74, 6) is 3.08. The van der Waals surface area contributed by atoms with Crippen LogP contribution < -0.4 is 10.1 Å². The first-order valence-electron chi connectivity index (χ1n) is 7.45. The molecule has 1 aromatic rings. The lowest BCUT2D eigenvalue weighted by Gasteiger charge is -2.19. The van der Waals surface area contributed by atoms with Gasteiger partial charge in [0.2, 0.25) is 0 Å². The van der Waals surface area contributed by atoms with E-state index in [9.17, 15) is 22.8 Å². The number of amides is 1. The van der Waals surface area contributed by atoms with Crippen molar-refractivity contribution in [1.82, 2.24) is 5.32 Å². The Bertz CT molecular complexity index is 727. The molecule has 0 radical (unpaired) electrons. The van der Waals surface area contributed by atoms with Crippen LogP contribution in [0.5, 0.6) is 5.75 Å². The normalized spacial score (nSPS) is 11.2. The van der Waals surface area contributed by atoms with Gasteiger partial charge < -0.3 is 19.9 Å². The van der Waals surface area contributed by atoms with E-state index in [4.69, 9.17) is 9.84 Å². The van der Waals surface area contributed by atoms with E-state index in [0.29, 0.717) is 0 Å². The van der Waals surface area contributed by atoms with Crippen LogP contribution in [0, 0.1) is 11.8 Å². The number of carbonyl (C=O) groups excluding carboxylic acids is 1. The molecule has 0 saturated carbocycles. The second-order valence-electron chi connectivity index (χ2n) is 6.08. The molecule has 1 aromatic carbocycles. The Morgan fingerprint density at radius 1 is 1.19 bits per heavy atom. The summed E-state index contributed by atoms with van der Waals surface area (Å²) >= 11 is 0. The Kier molecular flexibility index (Phi) is 6.89. The molecule has 0 fully saturated rings. The zero-order chi connectivity index (χ0) is 20.0. The lowest BCUT2D eigenvalue weighted by molar-refractivity contribution is -0.274. The molecule has 0 spiro atoms. The van der Waals surface area contributed by atoms with Crippen molar-refractivity contribution in [1.29, 1.82) is 0 Å². The van der Waals surface area contributed by atoms with Crippen molar-refractivity contribution in [2.24, 2.45) is 0 Å². The molecule has 0 unspecified atom stereocenters. The fourth-order valence-corrected chi connectivity index (χ4v) is 1.69. The molecule has 0 aliphatic carbocycles. The van der Waals surface area contributed by atoms with E-state index >= 15 is 0 Å². The first-order chi connectivity index (χ1) is 11.9. The van der Waals surface area contributed by atoms with Crippen LogP contribution in [0.25, 0.3) is 0 Å². The Morgan fingerprint density at radius 2 is 1.85 bits per heavy atom. The van der Waals surface area contributed by atoms with Crippen molar-refractivity contribution in [3.63, 3.8) is 0 Å². The third-order valence-electron chi connectivity index (χ3n) is 2.54. The van der Waals surface area contributed by atoms with Crippen LogP contribution in [0.3, 0.4) is 0 Å². The molecule has 0 aliphatic rings. The zero-order valence-corrected chi connectivity index (χ0v) is 14.4. The molecule has 0 atom stereocenters. The number of alkyl carbamates (subject to hydrolysis) is 1. The number of rotatable bonds is 4. The molecule has 9 heteroatoms. The van der Waals surface area contributed by atoms with Crippen LogP contribution >= 0.6 is 0 Å². The molecular weight excluding hydrogens is 355 g/mol. The van der Waals surface area contributed by atoms with Crippen molar-refractivity contribution in [2.45, 2.75) is 39.2 Å². The smallest absolute Gasteiger partial charge is 0.478 e. The third-order valence-corrected chi connectivity index (χ3v) is 2.54. The van der Waals surface area contributed by atoms with E-state index < -0.39 is 29.8 Å². The molecule has 6 nitrogen and oxygen atoms in total. The van der Waals surface area contributed by atoms with Crippen molar-refractivity contribution < 1.29 is 37.3 Å². The van der Waals surface area contributed by atoms with E-state index in [-0.39, 0.29) is 24.1 Å². The van der Waals surface area contributed by atoms with Gasteiger partial charge in [0.05, 0.1) is 5.56 Å². The number of ether oxygens (including phenoxy) is 2. The quantitative estimate of drug-likeness (QED) is 0.623. The average molecular weight is 373 g/mol. The summed E-state index contributed by atoms with van der Waals surface area (Å²) in [7, 11) is 0. The van der Waals surface area contributed by atoms with Gasteiger partial charge in [0.15, 0.2) is 0 Å². The number of carboxylic acid groups (broad SMARTS) is 1. The topological polar surface area (TPSA) is 84.9 Å². The van der Waals surface area contributed by atoms with E-state index in [2.05, 4.69) is 21.9 Å². The summed E-state index contributed by atoms with van der Waals surface area (Å²) in [6.45, 7) is 5.29. The maximum Gasteiger partial charge on any atom is 0.573 e. The van der Waals surface area contributed by atoms with Gasteiger partial charge in [0.25, 0.3) is 0 Å². The van der Waals surface area contributed by atoms with Gasteiger partial charge in [0, 0.05) is 18.5 Å². The van der Waals surface area contributed by atoms with Crippen molar-refractivity contribution in [2.75, 3.05) is 6.54 Å². The fourth-order valence-electron chi connectivity index (χ4n) is 1.69. The summed E-state index contributed by atoms with van der Waals surface area (Å²) in [6.07, 6.45) is -5.38. The highest BCUT2D eigenvalue weighted by Crippen LogP contribution is 2.25. The zero-order valence-electron chi connectivity index (χ0n) is 14.4. The molecule has 0 saturated heterocycles. The summed E-state index contributed by atoms with van der Waals surface area (Å²) in [6, 6.07) is 2.86. The molecule has 26 heavy (non-hydrogen) atoms. The maximum atomic E-state index is 12.3. The summed E-state index contributed by atoms with van der Waals surface area (Å²) in [4.78, 5) is 22.4. The molecule has 142 valence electrons. The first kappa shape index (κ1) is 21.2. The highest BCUT2D eigenvalue weighted by atomic mass is 19.4. The molecule has 0 aromatic heterocycles. The number of carboxylic acids is 1. The number of nitrogens with one attached hydrogen (secondary N) is 1. The molecule has 2 N–H and O–H groups in total. The van der Waals surface area contributed by atoms with Gasteiger partial charge in [-0.05, 0) is 39.0 Å². The fraction of sp³-hybridized carbons (Fsp3) is 0.412. The van der Waals surface area contributed by atoms with E-state index in [1.165, 1.54) is 0 Å². The lowest BCUT2D eigenvalue weighted by Crippen LogP contribution is -2.32. The summed E-state index contributed by atoms with van der Waals surface area (Å²) < 4.78 is 45.6. The van der Waals surface area contributed by atoms with Crippen molar-refractivity contribution in [3.8, 4) is 17.6 Å². The SMILES string of the molecule is CC(C)(C)OC(=O)NCCC#Cc1cc(OC(F)(F)F)cc(C(=O)O)c1. The number of hydrogen-bond donors (Lipinski definition) is 2. The van der Waals surface area contributed by atoms with Gasteiger partial charge in [-0.25, -0.2) is 9.59 Å². The largest absolute Gasteiger partial charge is 0.573 e. The number of aromatic carboxylic acids is 1. The van der Waals surface area contributed by atoms with Crippen LogP contribution in [-0.2, 0) is 4.74 Å².